The van der Waals surface area contributed by atoms with Crippen molar-refractivity contribution < 1.29 is 14.3 Å². The summed E-state index contributed by atoms with van der Waals surface area (Å²) >= 11 is 0. The minimum Gasteiger partial charge on any atom is -0.493 e. The predicted molar refractivity (Wildman–Crippen MR) is 129 cm³/mol. The number of para-hydroxylation sites is 1. The number of methoxy groups -OCH3 is 2. The highest BCUT2D eigenvalue weighted by Gasteiger charge is 2.30. The molecule has 2 aromatic carbocycles. The van der Waals surface area contributed by atoms with Gasteiger partial charge < -0.3 is 9.47 Å². The van der Waals surface area contributed by atoms with E-state index in [0.29, 0.717) is 47.5 Å². The molecule has 0 unspecified atom stereocenters. The summed E-state index contributed by atoms with van der Waals surface area (Å²) in [6, 6.07) is 13.6. The lowest BCUT2D eigenvalue weighted by atomic mass is 9.81. The van der Waals surface area contributed by atoms with E-state index in [1.807, 2.05) is 56.3 Å². The first-order valence-electron chi connectivity index (χ1n) is 11.1. The van der Waals surface area contributed by atoms with Crippen molar-refractivity contribution in [2.75, 3.05) is 19.5 Å². The Labute approximate surface area is 197 Å². The Morgan fingerprint density at radius 3 is 2.38 bits per heavy atom. The van der Waals surface area contributed by atoms with Crippen LogP contribution in [-0.4, -0.2) is 39.9 Å². The predicted octanol–water partition coefficient (Wildman–Crippen LogP) is 4.71. The summed E-state index contributed by atoms with van der Waals surface area (Å²) in [6.07, 6.45) is 1.01. The van der Waals surface area contributed by atoms with Gasteiger partial charge in [0.25, 0.3) is 0 Å². The number of aryl methyl sites for hydroxylation is 2. The first-order chi connectivity index (χ1) is 16.5. The molecule has 1 aliphatic carbocycles. The van der Waals surface area contributed by atoms with Gasteiger partial charge in [0.1, 0.15) is 0 Å². The van der Waals surface area contributed by atoms with Crippen LogP contribution in [0.1, 0.15) is 45.3 Å². The number of nitrogens with one attached hydrogen (secondary N) is 1. The number of nitrogens with zero attached hydrogens (tertiary/aromatic N) is 4. The molecule has 5 rings (SSSR count). The van der Waals surface area contributed by atoms with Gasteiger partial charge in [-0.1, -0.05) is 24.3 Å². The lowest BCUT2D eigenvalue weighted by molar-refractivity contribution is 0.0962. The summed E-state index contributed by atoms with van der Waals surface area (Å²) < 4.78 is 10.8. The van der Waals surface area contributed by atoms with Crippen LogP contribution in [0.5, 0.6) is 11.5 Å². The number of ketones is 1. The highest BCUT2D eigenvalue weighted by Crippen LogP contribution is 2.37. The van der Waals surface area contributed by atoms with E-state index in [0.717, 1.165) is 27.9 Å². The van der Waals surface area contributed by atoms with Crippen LogP contribution in [0.25, 0.3) is 10.9 Å². The summed E-state index contributed by atoms with van der Waals surface area (Å²) in [5, 5.41) is 4.14. The Morgan fingerprint density at radius 1 is 0.853 bits per heavy atom. The Kier molecular flexibility index (Phi) is 5.57. The lowest BCUT2D eigenvalue weighted by Gasteiger charge is -2.25. The van der Waals surface area contributed by atoms with Crippen LogP contribution in [0.15, 0.2) is 42.5 Å². The summed E-state index contributed by atoms with van der Waals surface area (Å²) in [5.74, 6) is 2.14. The van der Waals surface area contributed by atoms with Crippen molar-refractivity contribution >= 4 is 28.6 Å². The smallest absolute Gasteiger partial charge is 0.230 e. The normalized spacial score (nSPS) is 15.2. The maximum absolute atomic E-state index is 13.0. The van der Waals surface area contributed by atoms with Crippen LogP contribution in [0.4, 0.5) is 11.9 Å². The number of hydrogen-bond acceptors (Lipinski definition) is 8. The van der Waals surface area contributed by atoms with Crippen molar-refractivity contribution in [1.29, 1.82) is 0 Å². The first-order valence-corrected chi connectivity index (χ1v) is 11.1. The van der Waals surface area contributed by atoms with Gasteiger partial charge in [0.05, 0.1) is 42.4 Å². The van der Waals surface area contributed by atoms with Crippen molar-refractivity contribution in [1.82, 2.24) is 19.9 Å². The van der Waals surface area contributed by atoms with Gasteiger partial charge in [-0.3, -0.25) is 10.1 Å². The van der Waals surface area contributed by atoms with Gasteiger partial charge in [-0.25, -0.2) is 19.9 Å². The van der Waals surface area contributed by atoms with E-state index in [2.05, 4.69) is 20.3 Å². The number of hydrogen-bond donors (Lipinski definition) is 1. The Morgan fingerprint density at radius 2 is 1.59 bits per heavy atom. The topological polar surface area (TPSA) is 99.1 Å². The SMILES string of the molecule is COc1ccc([C@@H]2CC(=O)c3c(C)nc(Nc4nc(C)c5ccccc5n4)nc3C2)cc1OC. The standard InChI is InChI=1S/C26H25N5O3/c1-14-18-7-5-6-8-19(18)29-25(27-14)31-26-28-15(2)24-20(30-26)11-17(12-21(24)32)16-9-10-22(33-3)23(13-16)34-4/h5-10,13,17H,11-12H2,1-4H3,(H,27,28,29,30,31)/t17-/m0/s1. The Balaban J connectivity index is 1.47. The average Bonchev–Trinajstić information content (AvgIpc) is 2.83. The van der Waals surface area contributed by atoms with Crippen molar-refractivity contribution in [3.63, 3.8) is 0 Å². The lowest BCUT2D eigenvalue weighted by Crippen LogP contribution is -2.23. The molecule has 0 saturated heterocycles. The molecule has 8 nitrogen and oxygen atoms in total. The third-order valence-electron chi connectivity index (χ3n) is 6.21. The van der Waals surface area contributed by atoms with Crippen molar-refractivity contribution in [3.05, 3.63) is 70.7 Å². The summed E-state index contributed by atoms with van der Waals surface area (Å²) in [6.45, 7) is 3.79. The van der Waals surface area contributed by atoms with E-state index in [1.165, 1.54) is 0 Å². The van der Waals surface area contributed by atoms with Gasteiger partial charge >= 0.3 is 0 Å². The van der Waals surface area contributed by atoms with Gasteiger partial charge in [-0.2, -0.15) is 0 Å². The minimum atomic E-state index is -0.0129. The van der Waals surface area contributed by atoms with Crippen LogP contribution < -0.4 is 14.8 Å². The molecular weight excluding hydrogens is 430 g/mol. The van der Waals surface area contributed by atoms with Crippen LogP contribution in [0, 0.1) is 13.8 Å². The number of rotatable bonds is 5. The number of carbonyl (C=O) groups is 1. The largest absolute Gasteiger partial charge is 0.493 e. The summed E-state index contributed by atoms with van der Waals surface area (Å²) in [7, 11) is 3.21. The third-order valence-corrected chi connectivity index (χ3v) is 6.21. The quantitative estimate of drug-likeness (QED) is 0.462. The van der Waals surface area contributed by atoms with Crippen molar-refractivity contribution in [2.45, 2.75) is 32.6 Å². The van der Waals surface area contributed by atoms with E-state index >= 15 is 0 Å². The molecule has 2 aromatic heterocycles. The van der Waals surface area contributed by atoms with Gasteiger partial charge in [-0.05, 0) is 49.9 Å². The van der Waals surface area contributed by atoms with Crippen LogP contribution in [0.3, 0.4) is 0 Å². The molecule has 0 aliphatic heterocycles. The number of aromatic nitrogens is 4. The average molecular weight is 456 g/mol. The molecule has 0 amide bonds. The van der Waals surface area contributed by atoms with Gasteiger partial charge in [0.2, 0.25) is 11.9 Å². The number of Topliss-reactive ketones (excluding diaryl/α,β-unsaturated/α-hetero) is 1. The molecule has 0 spiro atoms. The fourth-order valence-corrected chi connectivity index (χ4v) is 4.56. The van der Waals surface area contributed by atoms with Gasteiger partial charge in [-0.15, -0.1) is 0 Å². The minimum absolute atomic E-state index is 0.0129. The molecule has 0 fully saturated rings. The second kappa shape index (κ2) is 8.70. The monoisotopic (exact) mass is 455 g/mol. The number of anilines is 2. The maximum atomic E-state index is 13.0. The number of carbonyl (C=O) groups excluding carboxylic acids is 1. The molecule has 8 heteroatoms. The molecule has 4 aromatic rings. The second-order valence-electron chi connectivity index (χ2n) is 8.37. The maximum Gasteiger partial charge on any atom is 0.230 e. The summed E-state index contributed by atoms with van der Waals surface area (Å²) in [4.78, 5) is 31.4. The fourth-order valence-electron chi connectivity index (χ4n) is 4.56. The molecule has 172 valence electrons. The Bertz CT molecular complexity index is 1420. The molecule has 2 heterocycles. The van der Waals surface area contributed by atoms with Crippen LogP contribution >= 0.6 is 0 Å². The van der Waals surface area contributed by atoms with Gasteiger partial charge in [0, 0.05) is 11.8 Å². The number of benzene rings is 2. The number of ether oxygens (including phenoxy) is 2. The van der Waals surface area contributed by atoms with E-state index in [4.69, 9.17) is 14.5 Å². The second-order valence-corrected chi connectivity index (χ2v) is 8.37. The van der Waals surface area contributed by atoms with Gasteiger partial charge in [0.15, 0.2) is 17.3 Å². The molecule has 1 N–H and O–H groups in total. The van der Waals surface area contributed by atoms with Crippen molar-refractivity contribution in [3.8, 4) is 11.5 Å². The van der Waals surface area contributed by atoms with Crippen LogP contribution in [-0.2, 0) is 6.42 Å². The van der Waals surface area contributed by atoms with Crippen molar-refractivity contribution in [2.24, 2.45) is 0 Å². The molecular formula is C26H25N5O3. The van der Waals surface area contributed by atoms with E-state index < -0.39 is 0 Å². The molecule has 34 heavy (non-hydrogen) atoms. The zero-order valence-electron chi connectivity index (χ0n) is 19.5. The molecule has 1 atom stereocenters. The zero-order chi connectivity index (χ0) is 23.8. The molecule has 0 saturated carbocycles. The van der Waals surface area contributed by atoms with Crippen LogP contribution in [0.2, 0.25) is 0 Å². The highest BCUT2D eigenvalue weighted by atomic mass is 16.5. The molecule has 0 radical (unpaired) electrons. The third kappa shape index (κ3) is 3.91. The fraction of sp³-hybridized carbons (Fsp3) is 0.269. The summed E-state index contributed by atoms with van der Waals surface area (Å²) in [5.41, 5.74) is 4.71. The zero-order valence-corrected chi connectivity index (χ0v) is 19.5. The highest BCUT2D eigenvalue weighted by molar-refractivity contribution is 5.99. The van der Waals surface area contributed by atoms with E-state index in [-0.39, 0.29) is 11.7 Å². The van der Waals surface area contributed by atoms with E-state index in [9.17, 15) is 4.79 Å². The Hall–Kier alpha value is -4.07. The number of fused-ring (bicyclic) bond motifs is 2. The van der Waals surface area contributed by atoms with E-state index in [1.54, 1.807) is 14.2 Å². The molecule has 1 aliphatic rings. The molecule has 0 bridgehead atoms. The first kappa shape index (κ1) is 21.8.